The van der Waals surface area contributed by atoms with E-state index in [1.54, 1.807) is 11.3 Å². The van der Waals surface area contributed by atoms with Crippen molar-refractivity contribution in [2.45, 2.75) is 32.2 Å². The third-order valence-corrected chi connectivity index (χ3v) is 3.72. The van der Waals surface area contributed by atoms with Gasteiger partial charge in [-0.2, -0.15) is 0 Å². The van der Waals surface area contributed by atoms with Crippen LogP contribution in [0.2, 0.25) is 0 Å². The van der Waals surface area contributed by atoms with Gasteiger partial charge in [-0.1, -0.05) is 31.2 Å². The zero-order valence-corrected chi connectivity index (χ0v) is 8.66. The third kappa shape index (κ3) is 1.15. The van der Waals surface area contributed by atoms with Crippen molar-refractivity contribution in [1.82, 2.24) is 5.32 Å². The van der Waals surface area contributed by atoms with Gasteiger partial charge in [0.25, 0.3) is 0 Å². The van der Waals surface area contributed by atoms with Crippen molar-refractivity contribution in [2.24, 2.45) is 11.8 Å². The van der Waals surface area contributed by atoms with Crippen LogP contribution in [0.25, 0.3) is 0 Å². The second-order valence-corrected chi connectivity index (χ2v) is 4.82. The molecule has 0 bridgehead atoms. The lowest BCUT2D eigenvalue weighted by Gasteiger charge is -2.22. The average molecular weight is 187 g/mol. The maximum atomic E-state index is 3.66. The SMILES string of the molecule is CC1CCC2=C(C1)C1C=CC=CC1N2. The molecule has 3 aliphatic rings. The van der Waals surface area contributed by atoms with Gasteiger partial charge < -0.3 is 5.32 Å². The Kier molecular flexibility index (Phi) is 1.79. The molecular weight excluding hydrogens is 170 g/mol. The first kappa shape index (κ1) is 8.34. The monoisotopic (exact) mass is 187 g/mol. The van der Waals surface area contributed by atoms with Crippen molar-refractivity contribution < 1.29 is 0 Å². The van der Waals surface area contributed by atoms with Crippen LogP contribution in [0.4, 0.5) is 0 Å². The van der Waals surface area contributed by atoms with Gasteiger partial charge in [0.2, 0.25) is 0 Å². The predicted octanol–water partition coefficient (Wildman–Crippen LogP) is 2.77. The summed E-state index contributed by atoms with van der Waals surface area (Å²) in [4.78, 5) is 0. The topological polar surface area (TPSA) is 12.0 Å². The minimum absolute atomic E-state index is 0.565. The summed E-state index contributed by atoms with van der Waals surface area (Å²) in [7, 11) is 0. The van der Waals surface area contributed by atoms with Gasteiger partial charge in [0.15, 0.2) is 0 Å². The van der Waals surface area contributed by atoms with E-state index in [2.05, 4.69) is 36.5 Å². The van der Waals surface area contributed by atoms with E-state index in [1.807, 2.05) is 0 Å². The van der Waals surface area contributed by atoms with Gasteiger partial charge in [0, 0.05) is 11.6 Å². The Bertz CT molecular complexity index is 335. The Morgan fingerprint density at radius 1 is 1.29 bits per heavy atom. The van der Waals surface area contributed by atoms with Gasteiger partial charge in [0.1, 0.15) is 0 Å². The minimum atomic E-state index is 0.565. The molecule has 1 aliphatic heterocycles. The van der Waals surface area contributed by atoms with Gasteiger partial charge >= 0.3 is 0 Å². The molecule has 0 radical (unpaired) electrons. The number of nitrogens with one attached hydrogen (secondary N) is 1. The van der Waals surface area contributed by atoms with E-state index >= 15 is 0 Å². The maximum absolute atomic E-state index is 3.66. The van der Waals surface area contributed by atoms with E-state index in [-0.39, 0.29) is 0 Å². The van der Waals surface area contributed by atoms with Crippen LogP contribution in [0, 0.1) is 11.8 Å². The molecule has 14 heavy (non-hydrogen) atoms. The molecule has 1 heteroatoms. The van der Waals surface area contributed by atoms with Crippen molar-refractivity contribution in [3.05, 3.63) is 35.6 Å². The molecule has 1 heterocycles. The maximum Gasteiger partial charge on any atom is 0.0545 e. The standard InChI is InChI=1S/C13H17N/c1-9-6-7-13-11(8-9)10-4-2-3-5-12(10)14-13/h2-5,9-10,12,14H,6-8H2,1H3. The molecule has 3 atom stereocenters. The normalized spacial score (nSPS) is 39.4. The van der Waals surface area contributed by atoms with Crippen LogP contribution < -0.4 is 5.32 Å². The second-order valence-electron chi connectivity index (χ2n) is 4.82. The zero-order chi connectivity index (χ0) is 9.54. The van der Waals surface area contributed by atoms with Crippen LogP contribution in [0.3, 0.4) is 0 Å². The third-order valence-electron chi connectivity index (χ3n) is 3.72. The van der Waals surface area contributed by atoms with Crippen LogP contribution in [-0.2, 0) is 0 Å². The molecule has 0 saturated carbocycles. The van der Waals surface area contributed by atoms with Gasteiger partial charge in [-0.25, -0.2) is 0 Å². The number of rotatable bonds is 0. The summed E-state index contributed by atoms with van der Waals surface area (Å²) in [6, 6.07) is 0.565. The molecule has 0 aromatic carbocycles. The van der Waals surface area contributed by atoms with Crippen LogP contribution >= 0.6 is 0 Å². The molecule has 0 aromatic rings. The second kappa shape index (κ2) is 3.01. The Balaban J connectivity index is 1.92. The van der Waals surface area contributed by atoms with Crippen molar-refractivity contribution in [1.29, 1.82) is 0 Å². The van der Waals surface area contributed by atoms with Crippen LogP contribution in [0.5, 0.6) is 0 Å². The quantitative estimate of drug-likeness (QED) is 0.615. The van der Waals surface area contributed by atoms with E-state index in [9.17, 15) is 0 Å². The molecular formula is C13H17N. The molecule has 74 valence electrons. The van der Waals surface area contributed by atoms with Gasteiger partial charge in [-0.3, -0.25) is 0 Å². The van der Waals surface area contributed by atoms with Gasteiger partial charge in [0.05, 0.1) is 6.04 Å². The van der Waals surface area contributed by atoms with Crippen molar-refractivity contribution >= 4 is 0 Å². The predicted molar refractivity (Wildman–Crippen MR) is 58.7 cm³/mol. The molecule has 0 fully saturated rings. The molecule has 2 aliphatic carbocycles. The highest BCUT2D eigenvalue weighted by atomic mass is 15.0. The van der Waals surface area contributed by atoms with E-state index in [0.29, 0.717) is 12.0 Å². The fourth-order valence-corrected chi connectivity index (χ4v) is 2.93. The lowest BCUT2D eigenvalue weighted by atomic mass is 9.81. The molecule has 1 nitrogen and oxygen atoms in total. The van der Waals surface area contributed by atoms with Crippen LogP contribution in [-0.4, -0.2) is 6.04 Å². The minimum Gasteiger partial charge on any atom is -0.381 e. The Labute approximate surface area is 85.6 Å². The van der Waals surface area contributed by atoms with Crippen LogP contribution in [0.15, 0.2) is 35.6 Å². The van der Waals surface area contributed by atoms with Crippen molar-refractivity contribution in [3.63, 3.8) is 0 Å². The van der Waals surface area contributed by atoms with Gasteiger partial charge in [-0.05, 0) is 30.8 Å². The van der Waals surface area contributed by atoms with E-state index in [1.165, 1.54) is 19.3 Å². The number of hydrogen-bond donors (Lipinski definition) is 1. The smallest absolute Gasteiger partial charge is 0.0545 e. The lowest BCUT2D eigenvalue weighted by Crippen LogP contribution is -2.26. The summed E-state index contributed by atoms with van der Waals surface area (Å²) in [5, 5.41) is 3.66. The zero-order valence-electron chi connectivity index (χ0n) is 8.66. The lowest BCUT2D eigenvalue weighted by molar-refractivity contribution is 0.484. The number of allylic oxidation sites excluding steroid dienone is 3. The highest BCUT2D eigenvalue weighted by molar-refractivity contribution is 5.37. The van der Waals surface area contributed by atoms with Gasteiger partial charge in [-0.15, -0.1) is 0 Å². The molecule has 3 unspecified atom stereocenters. The Morgan fingerprint density at radius 3 is 3.07 bits per heavy atom. The molecule has 1 N–H and O–H groups in total. The Hall–Kier alpha value is -0.980. The first-order valence-electron chi connectivity index (χ1n) is 5.68. The summed E-state index contributed by atoms with van der Waals surface area (Å²) in [5.74, 6) is 1.55. The molecule has 0 spiro atoms. The fraction of sp³-hybridized carbons (Fsp3) is 0.538. The first-order valence-corrected chi connectivity index (χ1v) is 5.68. The molecule has 3 rings (SSSR count). The molecule has 0 amide bonds. The summed E-state index contributed by atoms with van der Waals surface area (Å²) < 4.78 is 0. The largest absolute Gasteiger partial charge is 0.381 e. The van der Waals surface area contributed by atoms with Crippen LogP contribution in [0.1, 0.15) is 26.2 Å². The average Bonchev–Trinajstić information content (AvgIpc) is 2.56. The first-order chi connectivity index (χ1) is 6.84. The van der Waals surface area contributed by atoms with E-state index in [4.69, 9.17) is 0 Å². The van der Waals surface area contributed by atoms with Crippen molar-refractivity contribution in [3.8, 4) is 0 Å². The fourth-order valence-electron chi connectivity index (χ4n) is 2.93. The summed E-state index contributed by atoms with van der Waals surface area (Å²) >= 11 is 0. The molecule has 0 saturated heterocycles. The van der Waals surface area contributed by atoms with E-state index in [0.717, 1.165) is 5.92 Å². The summed E-state index contributed by atoms with van der Waals surface area (Å²) in [6.45, 7) is 2.37. The summed E-state index contributed by atoms with van der Waals surface area (Å²) in [6.07, 6.45) is 12.9. The molecule has 0 aromatic heterocycles. The van der Waals surface area contributed by atoms with E-state index < -0.39 is 0 Å². The van der Waals surface area contributed by atoms with Crippen molar-refractivity contribution in [2.75, 3.05) is 0 Å². The highest BCUT2D eigenvalue weighted by Crippen LogP contribution is 2.40. The Morgan fingerprint density at radius 2 is 2.14 bits per heavy atom. The number of fused-ring (bicyclic) bond motifs is 2. The number of hydrogen-bond acceptors (Lipinski definition) is 1. The highest BCUT2D eigenvalue weighted by Gasteiger charge is 2.34. The summed E-state index contributed by atoms with van der Waals surface area (Å²) in [5.41, 5.74) is 3.24.